The van der Waals surface area contributed by atoms with E-state index in [1.807, 2.05) is 23.9 Å². The van der Waals surface area contributed by atoms with E-state index in [0.717, 1.165) is 25.7 Å². The van der Waals surface area contributed by atoms with Crippen molar-refractivity contribution in [3.63, 3.8) is 0 Å². The molecule has 0 spiro atoms. The van der Waals surface area contributed by atoms with Gasteiger partial charge in [-0.15, -0.1) is 0 Å². The Balaban J connectivity index is 2.37. The Bertz CT molecular complexity index is 499. The van der Waals surface area contributed by atoms with E-state index in [1.54, 1.807) is 7.05 Å². The summed E-state index contributed by atoms with van der Waals surface area (Å²) in [5.74, 6) is 1.16. The Morgan fingerprint density at radius 2 is 1.86 bits per heavy atom. The van der Waals surface area contributed by atoms with Gasteiger partial charge in [-0.3, -0.25) is 4.79 Å². The molecular formula is C13H23N7O. The second-order valence-corrected chi connectivity index (χ2v) is 5.44. The van der Waals surface area contributed by atoms with Crippen molar-refractivity contribution in [1.29, 1.82) is 0 Å². The minimum atomic E-state index is -0.375. The normalized spacial score (nSPS) is 15.0. The molecule has 0 unspecified atom stereocenters. The van der Waals surface area contributed by atoms with Crippen LogP contribution in [0.1, 0.15) is 25.7 Å². The van der Waals surface area contributed by atoms with Gasteiger partial charge < -0.3 is 20.9 Å². The monoisotopic (exact) mass is 293 g/mol. The van der Waals surface area contributed by atoms with Crippen LogP contribution in [0.15, 0.2) is 0 Å². The van der Waals surface area contributed by atoms with Crippen molar-refractivity contribution in [3.8, 4) is 0 Å². The molecule has 116 valence electrons. The van der Waals surface area contributed by atoms with Crippen LogP contribution in [0.3, 0.4) is 0 Å². The van der Waals surface area contributed by atoms with Gasteiger partial charge in [0.25, 0.3) is 0 Å². The highest BCUT2D eigenvalue weighted by Crippen LogP contribution is 2.27. The molecule has 1 amide bonds. The summed E-state index contributed by atoms with van der Waals surface area (Å²) in [6.45, 7) is 0.130. The van der Waals surface area contributed by atoms with E-state index >= 15 is 0 Å². The third-order valence-corrected chi connectivity index (χ3v) is 3.58. The smallest absolute Gasteiger partial charge is 0.237 e. The highest BCUT2D eigenvalue weighted by Gasteiger charge is 2.27. The predicted molar refractivity (Wildman–Crippen MR) is 82.5 cm³/mol. The van der Waals surface area contributed by atoms with Gasteiger partial charge in [0.15, 0.2) is 0 Å². The van der Waals surface area contributed by atoms with E-state index in [0.29, 0.717) is 17.8 Å². The highest BCUT2D eigenvalue weighted by atomic mass is 16.1. The molecular weight excluding hydrogens is 270 g/mol. The first kappa shape index (κ1) is 15.3. The van der Waals surface area contributed by atoms with Crippen molar-refractivity contribution in [3.05, 3.63) is 0 Å². The van der Waals surface area contributed by atoms with Crippen LogP contribution in [-0.2, 0) is 4.79 Å². The summed E-state index contributed by atoms with van der Waals surface area (Å²) in [5.41, 5.74) is 5.39. The van der Waals surface area contributed by atoms with Crippen LogP contribution in [0.4, 0.5) is 17.8 Å². The minimum Gasteiger partial charge on any atom is -0.368 e. The number of nitrogens with zero attached hydrogens (tertiary/aromatic N) is 5. The fourth-order valence-corrected chi connectivity index (χ4v) is 2.54. The molecule has 0 aliphatic heterocycles. The molecule has 1 saturated carbocycles. The maximum atomic E-state index is 11.4. The molecule has 0 aromatic carbocycles. The van der Waals surface area contributed by atoms with Crippen molar-refractivity contribution < 1.29 is 4.79 Å². The van der Waals surface area contributed by atoms with Gasteiger partial charge >= 0.3 is 0 Å². The minimum absolute atomic E-state index is 0.130. The molecule has 1 heterocycles. The van der Waals surface area contributed by atoms with Gasteiger partial charge in [0.05, 0.1) is 6.54 Å². The summed E-state index contributed by atoms with van der Waals surface area (Å²) < 4.78 is 0. The molecule has 2 rings (SSSR count). The number of anilines is 3. The lowest BCUT2D eigenvalue weighted by molar-refractivity contribution is -0.116. The molecule has 1 aliphatic rings. The number of hydrogen-bond donors (Lipinski definition) is 2. The maximum Gasteiger partial charge on any atom is 0.237 e. The van der Waals surface area contributed by atoms with Gasteiger partial charge in [-0.25, -0.2) is 0 Å². The van der Waals surface area contributed by atoms with Gasteiger partial charge in [0, 0.05) is 27.2 Å². The quantitative estimate of drug-likeness (QED) is 0.773. The van der Waals surface area contributed by atoms with Crippen LogP contribution in [0.2, 0.25) is 0 Å². The van der Waals surface area contributed by atoms with Gasteiger partial charge in [0.2, 0.25) is 23.8 Å². The number of carbonyl (C=O) groups is 1. The third kappa shape index (κ3) is 3.71. The van der Waals surface area contributed by atoms with Crippen LogP contribution in [0.5, 0.6) is 0 Å². The predicted octanol–water partition coefficient (Wildman–Crippen LogP) is 0.214. The fourth-order valence-electron chi connectivity index (χ4n) is 2.54. The van der Waals surface area contributed by atoms with E-state index in [-0.39, 0.29) is 18.5 Å². The van der Waals surface area contributed by atoms with Crippen LogP contribution < -0.4 is 20.9 Å². The Kier molecular flexibility index (Phi) is 4.77. The number of nitrogens with one attached hydrogen (secondary N) is 1. The van der Waals surface area contributed by atoms with Crippen LogP contribution in [-0.4, -0.2) is 54.6 Å². The molecule has 3 N–H and O–H groups in total. The van der Waals surface area contributed by atoms with Crippen molar-refractivity contribution in [2.45, 2.75) is 31.7 Å². The average molecular weight is 293 g/mol. The average Bonchev–Trinajstić information content (AvgIpc) is 2.97. The van der Waals surface area contributed by atoms with Crippen molar-refractivity contribution in [1.82, 2.24) is 15.0 Å². The summed E-state index contributed by atoms with van der Waals surface area (Å²) in [6, 6.07) is 0.264. The van der Waals surface area contributed by atoms with Gasteiger partial charge in [-0.1, -0.05) is 12.8 Å². The molecule has 8 nitrogen and oxygen atoms in total. The lowest BCUT2D eigenvalue weighted by Gasteiger charge is -2.28. The topological polar surface area (TPSA) is 100 Å². The van der Waals surface area contributed by atoms with Crippen LogP contribution in [0.25, 0.3) is 0 Å². The van der Waals surface area contributed by atoms with Crippen molar-refractivity contribution in [2.24, 2.45) is 5.73 Å². The number of primary amides is 1. The fraction of sp³-hybridized carbons (Fsp3) is 0.692. The lowest BCUT2D eigenvalue weighted by Crippen LogP contribution is -2.41. The second-order valence-electron chi connectivity index (χ2n) is 5.44. The van der Waals surface area contributed by atoms with Crippen LogP contribution in [0, 0.1) is 0 Å². The van der Waals surface area contributed by atoms with E-state index in [1.165, 1.54) is 0 Å². The molecule has 1 aromatic heterocycles. The molecule has 0 radical (unpaired) electrons. The number of carbonyl (C=O) groups excluding carboxylic acids is 1. The molecule has 0 saturated heterocycles. The van der Waals surface area contributed by atoms with Gasteiger partial charge in [-0.2, -0.15) is 15.0 Å². The maximum absolute atomic E-state index is 11.4. The molecule has 0 atom stereocenters. The highest BCUT2D eigenvalue weighted by molar-refractivity contribution is 5.79. The Hall–Kier alpha value is -2.12. The number of amides is 1. The van der Waals surface area contributed by atoms with Crippen molar-refractivity contribution >= 4 is 23.8 Å². The molecule has 0 bridgehead atoms. The first-order chi connectivity index (χ1) is 10.0. The van der Waals surface area contributed by atoms with E-state index in [9.17, 15) is 4.79 Å². The first-order valence-electron chi connectivity index (χ1n) is 7.17. The second kappa shape index (κ2) is 6.55. The van der Waals surface area contributed by atoms with E-state index in [2.05, 4.69) is 20.3 Å². The zero-order valence-corrected chi connectivity index (χ0v) is 12.8. The van der Waals surface area contributed by atoms with Crippen molar-refractivity contribution in [2.75, 3.05) is 42.8 Å². The molecule has 1 aliphatic carbocycles. The van der Waals surface area contributed by atoms with Gasteiger partial charge in [-0.05, 0) is 12.8 Å². The number of nitrogens with two attached hydrogens (primary N) is 1. The summed E-state index contributed by atoms with van der Waals surface area (Å²) in [5, 5.41) is 2.93. The summed E-state index contributed by atoms with van der Waals surface area (Å²) in [4.78, 5) is 28.3. The SMILES string of the molecule is CNc1nc(N(C)C)nc(N(CC(N)=O)C2CCCC2)n1. The molecule has 1 aromatic rings. The Labute approximate surface area is 124 Å². The number of rotatable bonds is 6. The molecule has 1 fully saturated rings. The zero-order chi connectivity index (χ0) is 15.4. The standard InChI is InChI=1S/C13H23N7O/c1-15-11-16-12(19(2)3)18-13(17-11)20(8-10(14)21)9-6-4-5-7-9/h9H,4-8H2,1-3H3,(H2,14,21)(H,15,16,17,18). The summed E-state index contributed by atoms with van der Waals surface area (Å²) >= 11 is 0. The lowest BCUT2D eigenvalue weighted by atomic mass is 10.2. The third-order valence-electron chi connectivity index (χ3n) is 3.58. The largest absolute Gasteiger partial charge is 0.368 e. The summed E-state index contributed by atoms with van der Waals surface area (Å²) in [7, 11) is 5.49. The van der Waals surface area contributed by atoms with E-state index < -0.39 is 0 Å². The number of hydrogen-bond acceptors (Lipinski definition) is 7. The van der Waals surface area contributed by atoms with Crippen LogP contribution >= 0.6 is 0 Å². The zero-order valence-electron chi connectivity index (χ0n) is 12.8. The van der Waals surface area contributed by atoms with Gasteiger partial charge in [0.1, 0.15) is 0 Å². The molecule has 8 heteroatoms. The first-order valence-corrected chi connectivity index (χ1v) is 7.17. The summed E-state index contributed by atoms with van der Waals surface area (Å²) in [6.07, 6.45) is 4.38. The Morgan fingerprint density at radius 1 is 1.24 bits per heavy atom. The number of aromatic nitrogens is 3. The Morgan fingerprint density at radius 3 is 2.38 bits per heavy atom. The van der Waals surface area contributed by atoms with E-state index in [4.69, 9.17) is 5.73 Å². The molecule has 21 heavy (non-hydrogen) atoms.